The van der Waals surface area contributed by atoms with Crippen LogP contribution in [0.4, 0.5) is 5.69 Å². The molecule has 0 saturated heterocycles. The zero-order valence-corrected chi connectivity index (χ0v) is 14.5. The molecule has 0 aromatic heterocycles. The molecule has 3 rings (SSSR count). The van der Waals surface area contributed by atoms with Gasteiger partial charge in [-0.15, -0.1) is 0 Å². The van der Waals surface area contributed by atoms with Gasteiger partial charge in [-0.2, -0.15) is 0 Å². The number of allylic oxidation sites excluding steroid dienone is 1. The molecule has 25 heavy (non-hydrogen) atoms. The molecule has 1 saturated carbocycles. The molecule has 1 aromatic rings. The number of carbonyl (C=O) groups excluding carboxylic acids is 1. The van der Waals surface area contributed by atoms with Gasteiger partial charge >= 0.3 is 5.97 Å². The average Bonchev–Trinajstić information content (AvgIpc) is 2.60. The molecule has 2 aliphatic rings. The van der Waals surface area contributed by atoms with Crippen LogP contribution in [-0.4, -0.2) is 23.2 Å². The fourth-order valence-corrected chi connectivity index (χ4v) is 3.94. The maximum absolute atomic E-state index is 12.6. The Morgan fingerprint density at radius 2 is 2.20 bits per heavy atom. The maximum Gasteiger partial charge on any atom is 0.336 e. The number of hydrogen-bond acceptors (Lipinski definition) is 5. The highest BCUT2D eigenvalue weighted by Gasteiger charge is 2.39. The summed E-state index contributed by atoms with van der Waals surface area (Å²) in [5, 5.41) is 11.2. The predicted molar refractivity (Wildman–Crippen MR) is 94.6 cm³/mol. The number of nitrogens with zero attached hydrogens (tertiary/aromatic N) is 2. The highest BCUT2D eigenvalue weighted by molar-refractivity contribution is 5.98. The first-order chi connectivity index (χ1) is 12.0. The van der Waals surface area contributed by atoms with Crippen molar-refractivity contribution < 1.29 is 14.5 Å². The Kier molecular flexibility index (Phi) is 4.97. The zero-order valence-electron chi connectivity index (χ0n) is 14.5. The predicted octanol–water partition coefficient (Wildman–Crippen LogP) is 4.16. The van der Waals surface area contributed by atoms with E-state index >= 15 is 0 Å². The number of non-ortho nitro benzene ring substituents is 1. The van der Waals surface area contributed by atoms with Gasteiger partial charge in [-0.05, 0) is 38.7 Å². The Morgan fingerprint density at radius 3 is 2.92 bits per heavy atom. The lowest BCUT2D eigenvalue weighted by atomic mass is 9.70. The first-order valence-corrected chi connectivity index (χ1v) is 8.72. The second-order valence-electron chi connectivity index (χ2n) is 6.50. The molecule has 2 unspecified atom stereocenters. The number of esters is 1. The van der Waals surface area contributed by atoms with Crippen LogP contribution in [0.15, 0.2) is 40.5 Å². The van der Waals surface area contributed by atoms with Crippen LogP contribution in [0.5, 0.6) is 0 Å². The number of nitro benzene ring substituents is 1. The van der Waals surface area contributed by atoms with E-state index in [1.165, 1.54) is 6.07 Å². The summed E-state index contributed by atoms with van der Waals surface area (Å²) in [5.41, 5.74) is 3.14. The van der Waals surface area contributed by atoms with Crippen LogP contribution >= 0.6 is 0 Å². The molecule has 6 nitrogen and oxygen atoms in total. The van der Waals surface area contributed by atoms with Crippen molar-refractivity contribution >= 4 is 17.4 Å². The van der Waals surface area contributed by atoms with Gasteiger partial charge in [0.15, 0.2) is 0 Å². The standard InChI is InChI=1S/C19H22N2O4/c1-3-25-19(22)17-12(2)20-16-10-5-4-9-15(16)18(17)13-7-6-8-14(11-13)21(23)24/h6-8,11,15,18H,3-5,9-10H2,1-2H3. The summed E-state index contributed by atoms with van der Waals surface area (Å²) in [7, 11) is 0. The number of rotatable bonds is 4. The molecule has 1 aliphatic heterocycles. The minimum Gasteiger partial charge on any atom is -0.463 e. The van der Waals surface area contributed by atoms with E-state index < -0.39 is 4.92 Å². The number of carbonyl (C=O) groups is 1. The molecule has 1 aromatic carbocycles. The van der Waals surface area contributed by atoms with Crippen LogP contribution in [-0.2, 0) is 9.53 Å². The Labute approximate surface area is 146 Å². The Balaban J connectivity index is 2.11. The molecular weight excluding hydrogens is 320 g/mol. The van der Waals surface area contributed by atoms with Gasteiger partial charge in [0, 0.05) is 35.4 Å². The highest BCUT2D eigenvalue weighted by Crippen LogP contribution is 2.44. The minimum absolute atomic E-state index is 0.0400. The summed E-state index contributed by atoms with van der Waals surface area (Å²) in [5.74, 6) is -0.490. The summed E-state index contributed by atoms with van der Waals surface area (Å²) < 4.78 is 5.26. The van der Waals surface area contributed by atoms with Gasteiger partial charge in [0.25, 0.3) is 5.69 Å². The van der Waals surface area contributed by atoms with Gasteiger partial charge in [0.1, 0.15) is 0 Å². The normalized spacial score (nSPS) is 22.9. The molecule has 132 valence electrons. The zero-order chi connectivity index (χ0) is 18.0. The fraction of sp³-hybridized carbons (Fsp3) is 0.474. The van der Waals surface area contributed by atoms with E-state index in [1.807, 2.05) is 13.0 Å². The molecule has 1 fully saturated rings. The van der Waals surface area contributed by atoms with Crippen molar-refractivity contribution in [3.05, 3.63) is 51.2 Å². The largest absolute Gasteiger partial charge is 0.463 e. The maximum atomic E-state index is 12.6. The molecule has 1 heterocycles. The Morgan fingerprint density at radius 1 is 1.40 bits per heavy atom. The molecule has 0 radical (unpaired) electrons. The number of ether oxygens (including phenoxy) is 1. The topological polar surface area (TPSA) is 81.8 Å². The second-order valence-corrected chi connectivity index (χ2v) is 6.50. The van der Waals surface area contributed by atoms with Crippen molar-refractivity contribution in [2.45, 2.75) is 45.4 Å². The van der Waals surface area contributed by atoms with E-state index in [1.54, 1.807) is 19.1 Å². The van der Waals surface area contributed by atoms with Gasteiger partial charge < -0.3 is 4.74 Å². The van der Waals surface area contributed by atoms with Crippen molar-refractivity contribution in [3.63, 3.8) is 0 Å². The van der Waals surface area contributed by atoms with E-state index in [0.717, 1.165) is 37.0 Å². The summed E-state index contributed by atoms with van der Waals surface area (Å²) in [6.07, 6.45) is 4.02. The fourth-order valence-electron chi connectivity index (χ4n) is 3.94. The summed E-state index contributed by atoms with van der Waals surface area (Å²) in [6.45, 7) is 3.89. The first-order valence-electron chi connectivity index (χ1n) is 8.72. The van der Waals surface area contributed by atoms with Crippen molar-refractivity contribution in [1.82, 2.24) is 0 Å². The van der Waals surface area contributed by atoms with E-state index in [0.29, 0.717) is 17.9 Å². The molecule has 0 spiro atoms. The van der Waals surface area contributed by atoms with Gasteiger partial charge in [-0.1, -0.05) is 18.6 Å². The third kappa shape index (κ3) is 3.34. The average molecular weight is 342 g/mol. The summed E-state index contributed by atoms with van der Waals surface area (Å²) in [6, 6.07) is 6.60. The Bertz CT molecular complexity index is 766. The van der Waals surface area contributed by atoms with Crippen molar-refractivity contribution in [2.75, 3.05) is 6.61 Å². The monoisotopic (exact) mass is 342 g/mol. The van der Waals surface area contributed by atoms with E-state index in [-0.39, 0.29) is 23.5 Å². The lowest BCUT2D eigenvalue weighted by molar-refractivity contribution is -0.384. The van der Waals surface area contributed by atoms with Crippen molar-refractivity contribution in [2.24, 2.45) is 10.9 Å². The summed E-state index contributed by atoms with van der Waals surface area (Å²) in [4.78, 5) is 28.1. The Hall–Kier alpha value is -2.50. The van der Waals surface area contributed by atoms with Crippen LogP contribution in [0.1, 0.15) is 51.0 Å². The minimum atomic E-state index is -0.400. The smallest absolute Gasteiger partial charge is 0.336 e. The number of benzene rings is 1. The van der Waals surface area contributed by atoms with E-state index in [9.17, 15) is 14.9 Å². The van der Waals surface area contributed by atoms with Crippen LogP contribution in [0.25, 0.3) is 0 Å². The van der Waals surface area contributed by atoms with Crippen LogP contribution in [0.3, 0.4) is 0 Å². The lowest BCUT2D eigenvalue weighted by Crippen LogP contribution is -2.33. The molecule has 6 heteroatoms. The van der Waals surface area contributed by atoms with E-state index in [4.69, 9.17) is 4.74 Å². The molecule has 0 bridgehead atoms. The third-order valence-electron chi connectivity index (χ3n) is 4.98. The SMILES string of the molecule is CCOC(=O)C1=C(C)N=C2CCCCC2C1c1cccc([N+](=O)[O-])c1. The quantitative estimate of drug-likeness (QED) is 0.467. The van der Waals surface area contributed by atoms with Crippen molar-refractivity contribution in [3.8, 4) is 0 Å². The summed E-state index contributed by atoms with van der Waals surface area (Å²) >= 11 is 0. The molecule has 0 amide bonds. The van der Waals surface area contributed by atoms with Gasteiger partial charge in [-0.25, -0.2) is 4.79 Å². The van der Waals surface area contributed by atoms with Gasteiger partial charge in [0.05, 0.1) is 17.1 Å². The molecule has 0 N–H and O–H groups in total. The molecule has 2 atom stereocenters. The van der Waals surface area contributed by atoms with E-state index in [2.05, 4.69) is 4.99 Å². The highest BCUT2D eigenvalue weighted by atomic mass is 16.6. The van der Waals surface area contributed by atoms with Gasteiger partial charge in [-0.3, -0.25) is 15.1 Å². The molecular formula is C19H22N2O4. The number of nitro groups is 1. The van der Waals surface area contributed by atoms with Crippen LogP contribution < -0.4 is 0 Å². The lowest BCUT2D eigenvalue weighted by Gasteiger charge is -2.36. The third-order valence-corrected chi connectivity index (χ3v) is 4.98. The number of aliphatic imine (C=N–C) groups is 1. The van der Waals surface area contributed by atoms with Crippen molar-refractivity contribution in [1.29, 1.82) is 0 Å². The number of fused-ring (bicyclic) bond motifs is 1. The van der Waals surface area contributed by atoms with Gasteiger partial charge in [0.2, 0.25) is 0 Å². The second kappa shape index (κ2) is 7.17. The number of hydrogen-bond donors (Lipinski definition) is 0. The van der Waals surface area contributed by atoms with Crippen LogP contribution in [0.2, 0.25) is 0 Å². The van der Waals surface area contributed by atoms with Crippen LogP contribution in [0, 0.1) is 16.0 Å². The molecule has 1 aliphatic carbocycles. The first kappa shape index (κ1) is 17.3.